The average Bonchev–Trinajstić information content (AvgIpc) is 2.17. The van der Waals surface area contributed by atoms with Gasteiger partial charge in [-0.3, -0.25) is 0 Å². The van der Waals surface area contributed by atoms with Crippen molar-refractivity contribution in [3.8, 4) is 0 Å². The molecule has 0 spiro atoms. The molecule has 1 radical (unpaired) electrons. The maximum Gasteiger partial charge on any atom is 0.0700 e. The molecule has 0 bridgehead atoms. The molecular formula is C7H14NO. The van der Waals surface area contributed by atoms with Crippen LogP contribution in [0.4, 0.5) is 0 Å². The van der Waals surface area contributed by atoms with Gasteiger partial charge in [-0.15, -0.1) is 0 Å². The lowest BCUT2D eigenvalue weighted by Crippen LogP contribution is -2.15. The van der Waals surface area contributed by atoms with Gasteiger partial charge < -0.3 is 9.64 Å². The molecule has 1 rings (SSSR count). The quantitative estimate of drug-likeness (QED) is 0.544. The fourth-order valence-corrected chi connectivity index (χ4v) is 1.33. The van der Waals surface area contributed by atoms with Gasteiger partial charge in [-0.05, 0) is 25.9 Å². The number of hydrogen-bond acceptors (Lipinski definition) is 2. The Morgan fingerprint density at radius 3 is 3.00 bits per heavy atom. The van der Waals surface area contributed by atoms with E-state index in [0.29, 0.717) is 0 Å². The maximum absolute atomic E-state index is 4.80. The Kier molecular flexibility index (Phi) is 2.49. The van der Waals surface area contributed by atoms with Gasteiger partial charge in [0.2, 0.25) is 0 Å². The minimum atomic E-state index is 0.729. The van der Waals surface area contributed by atoms with Crippen LogP contribution in [-0.4, -0.2) is 31.6 Å². The van der Waals surface area contributed by atoms with Crippen LogP contribution in [0.3, 0.4) is 0 Å². The summed E-state index contributed by atoms with van der Waals surface area (Å²) in [6, 6.07) is 0. The minimum absolute atomic E-state index is 0.729. The third-order valence-electron chi connectivity index (χ3n) is 1.84. The number of nitrogens with zero attached hydrogens (tertiary/aromatic N) is 1. The Balaban J connectivity index is 2.14. The van der Waals surface area contributed by atoms with Crippen molar-refractivity contribution in [2.24, 2.45) is 5.92 Å². The zero-order valence-electron chi connectivity index (χ0n) is 5.97. The summed E-state index contributed by atoms with van der Waals surface area (Å²) in [6.07, 6.45) is 1.27. The topological polar surface area (TPSA) is 12.5 Å². The van der Waals surface area contributed by atoms with E-state index in [1.165, 1.54) is 19.5 Å². The Morgan fingerprint density at radius 1 is 1.78 bits per heavy atom. The van der Waals surface area contributed by atoms with Crippen molar-refractivity contribution >= 4 is 0 Å². The molecule has 9 heavy (non-hydrogen) atoms. The first kappa shape index (κ1) is 7.03. The molecule has 1 saturated heterocycles. The molecule has 2 heteroatoms. The van der Waals surface area contributed by atoms with Gasteiger partial charge in [0, 0.05) is 6.54 Å². The molecule has 0 aliphatic carbocycles. The van der Waals surface area contributed by atoms with Crippen molar-refractivity contribution < 1.29 is 4.74 Å². The molecule has 1 fully saturated rings. The summed E-state index contributed by atoms with van der Waals surface area (Å²) in [4.78, 5) is 2.32. The van der Waals surface area contributed by atoms with Crippen LogP contribution in [0.5, 0.6) is 0 Å². The molecular weight excluding hydrogens is 114 g/mol. The molecule has 1 aliphatic rings. The van der Waals surface area contributed by atoms with Gasteiger partial charge >= 0.3 is 0 Å². The summed E-state index contributed by atoms with van der Waals surface area (Å²) in [7, 11) is 5.50. The third-order valence-corrected chi connectivity index (χ3v) is 1.84. The summed E-state index contributed by atoms with van der Waals surface area (Å²) in [5.41, 5.74) is 0. The molecule has 1 heterocycles. The lowest BCUT2D eigenvalue weighted by Gasteiger charge is -2.07. The standard InChI is InChI=1S/C7H14NO/c1-8-4-3-7(5-8)6-9-2/h7H,2-6H2,1H3. The zero-order chi connectivity index (χ0) is 6.69. The third kappa shape index (κ3) is 1.95. The minimum Gasteiger partial charge on any atom is -0.379 e. The second kappa shape index (κ2) is 3.18. The maximum atomic E-state index is 4.80. The van der Waals surface area contributed by atoms with E-state index < -0.39 is 0 Å². The van der Waals surface area contributed by atoms with Crippen LogP contribution in [0.2, 0.25) is 0 Å². The van der Waals surface area contributed by atoms with Gasteiger partial charge in [-0.25, -0.2) is 0 Å². The van der Waals surface area contributed by atoms with Crippen molar-refractivity contribution in [3.05, 3.63) is 7.11 Å². The first-order chi connectivity index (χ1) is 4.33. The van der Waals surface area contributed by atoms with E-state index in [1.54, 1.807) is 0 Å². The van der Waals surface area contributed by atoms with Gasteiger partial charge in [-0.1, -0.05) is 0 Å². The highest BCUT2D eigenvalue weighted by Gasteiger charge is 2.18. The predicted octanol–water partition coefficient (Wildman–Crippen LogP) is 0.746. The van der Waals surface area contributed by atoms with Crippen molar-refractivity contribution in [2.45, 2.75) is 6.42 Å². The molecule has 53 valence electrons. The summed E-state index contributed by atoms with van der Waals surface area (Å²) in [6.45, 7) is 3.22. The molecule has 0 aromatic rings. The molecule has 0 N–H and O–H groups in total. The normalized spacial score (nSPS) is 29.3. The molecule has 0 aromatic carbocycles. The van der Waals surface area contributed by atoms with Gasteiger partial charge in [0.15, 0.2) is 0 Å². The summed E-state index contributed by atoms with van der Waals surface area (Å²) < 4.78 is 4.80. The van der Waals surface area contributed by atoms with Crippen molar-refractivity contribution in [1.29, 1.82) is 0 Å². The van der Waals surface area contributed by atoms with Crippen LogP contribution < -0.4 is 0 Å². The second-order valence-electron chi connectivity index (χ2n) is 2.79. The highest BCUT2D eigenvalue weighted by molar-refractivity contribution is 4.71. The summed E-state index contributed by atoms with van der Waals surface area (Å²) >= 11 is 0. The second-order valence-corrected chi connectivity index (χ2v) is 2.79. The van der Waals surface area contributed by atoms with Crippen molar-refractivity contribution in [2.75, 3.05) is 26.7 Å². The highest BCUT2D eigenvalue weighted by atomic mass is 16.5. The highest BCUT2D eigenvalue weighted by Crippen LogP contribution is 2.13. The Morgan fingerprint density at radius 2 is 2.56 bits per heavy atom. The van der Waals surface area contributed by atoms with Crippen LogP contribution >= 0.6 is 0 Å². The Bertz CT molecular complexity index is 83.0. The SMILES string of the molecule is [CH2]OCC1CCN(C)C1. The molecule has 1 unspecified atom stereocenters. The molecule has 0 aromatic heterocycles. The van der Waals surface area contributed by atoms with E-state index in [0.717, 1.165) is 12.5 Å². The molecule has 0 saturated carbocycles. The van der Waals surface area contributed by atoms with Crippen LogP contribution in [-0.2, 0) is 4.74 Å². The van der Waals surface area contributed by atoms with Crippen LogP contribution in [0.15, 0.2) is 0 Å². The van der Waals surface area contributed by atoms with E-state index in [9.17, 15) is 0 Å². The average molecular weight is 128 g/mol. The number of ether oxygens (including phenoxy) is 1. The smallest absolute Gasteiger partial charge is 0.0700 e. The fraction of sp³-hybridized carbons (Fsp3) is 0.857. The zero-order valence-corrected chi connectivity index (χ0v) is 5.97. The first-order valence-electron chi connectivity index (χ1n) is 3.38. The summed E-state index contributed by atoms with van der Waals surface area (Å²) in [5.74, 6) is 0.729. The fourth-order valence-electron chi connectivity index (χ4n) is 1.33. The van der Waals surface area contributed by atoms with Gasteiger partial charge in [0.05, 0.1) is 13.7 Å². The summed E-state index contributed by atoms with van der Waals surface area (Å²) in [5, 5.41) is 0. The van der Waals surface area contributed by atoms with Gasteiger partial charge in [0.1, 0.15) is 0 Å². The van der Waals surface area contributed by atoms with Crippen molar-refractivity contribution in [1.82, 2.24) is 4.90 Å². The molecule has 0 amide bonds. The lowest BCUT2D eigenvalue weighted by atomic mass is 10.1. The van der Waals surface area contributed by atoms with Gasteiger partial charge in [-0.2, -0.15) is 0 Å². The first-order valence-corrected chi connectivity index (χ1v) is 3.38. The van der Waals surface area contributed by atoms with E-state index in [4.69, 9.17) is 4.74 Å². The van der Waals surface area contributed by atoms with Crippen LogP contribution in [0.1, 0.15) is 6.42 Å². The Hall–Kier alpha value is -0.0800. The van der Waals surface area contributed by atoms with Crippen molar-refractivity contribution in [3.63, 3.8) is 0 Å². The molecule has 1 aliphatic heterocycles. The predicted molar refractivity (Wildman–Crippen MR) is 36.9 cm³/mol. The van der Waals surface area contributed by atoms with Crippen LogP contribution in [0, 0.1) is 13.0 Å². The molecule has 2 nitrogen and oxygen atoms in total. The van der Waals surface area contributed by atoms with E-state index >= 15 is 0 Å². The largest absolute Gasteiger partial charge is 0.379 e. The van der Waals surface area contributed by atoms with Crippen LogP contribution in [0.25, 0.3) is 0 Å². The van der Waals surface area contributed by atoms with Gasteiger partial charge in [0.25, 0.3) is 0 Å². The monoisotopic (exact) mass is 128 g/mol. The lowest BCUT2D eigenvalue weighted by molar-refractivity contribution is 0.190. The number of likely N-dealkylation sites (tertiary alicyclic amines) is 1. The number of hydrogen-bond donors (Lipinski definition) is 0. The molecule has 1 atom stereocenters. The number of rotatable bonds is 2. The van der Waals surface area contributed by atoms with E-state index in [-0.39, 0.29) is 0 Å². The van der Waals surface area contributed by atoms with E-state index in [2.05, 4.69) is 19.1 Å². The van der Waals surface area contributed by atoms with E-state index in [1.807, 2.05) is 0 Å². The Labute approximate surface area is 56.8 Å².